The average molecular weight is 552 g/mol. The van der Waals surface area contributed by atoms with Crippen LogP contribution in [-0.2, 0) is 27.9 Å². The summed E-state index contributed by atoms with van der Waals surface area (Å²) < 4.78 is 23.2. The third-order valence-corrected chi connectivity index (χ3v) is 7.07. The first kappa shape index (κ1) is 27.0. The molecule has 40 heavy (non-hydrogen) atoms. The second-order valence-electron chi connectivity index (χ2n) is 9.88. The molecule has 13 nitrogen and oxygen atoms in total. The van der Waals surface area contributed by atoms with Gasteiger partial charge in [0.1, 0.15) is 29.5 Å². The Morgan fingerprint density at radius 1 is 1.10 bits per heavy atom. The highest BCUT2D eigenvalue weighted by Crippen LogP contribution is 2.45. The van der Waals surface area contributed by atoms with E-state index in [-0.39, 0.29) is 42.0 Å². The van der Waals surface area contributed by atoms with Crippen molar-refractivity contribution in [3.05, 3.63) is 57.9 Å². The number of pyridine rings is 1. The summed E-state index contributed by atoms with van der Waals surface area (Å²) in [6.07, 6.45) is 4.11. The van der Waals surface area contributed by atoms with Crippen LogP contribution in [0.25, 0.3) is 11.4 Å². The molecule has 2 saturated carbocycles. The summed E-state index contributed by atoms with van der Waals surface area (Å²) in [5, 5.41) is 19.1. The van der Waals surface area contributed by atoms with Crippen molar-refractivity contribution in [1.82, 2.24) is 20.0 Å². The minimum absolute atomic E-state index is 0.0924. The Bertz CT molecular complexity index is 1400. The first-order valence-electron chi connectivity index (χ1n) is 13.1. The summed E-state index contributed by atoms with van der Waals surface area (Å²) in [4.78, 5) is 39.4. The molecule has 0 aliphatic heterocycles. The predicted molar refractivity (Wildman–Crippen MR) is 139 cm³/mol. The molecule has 0 amide bonds. The van der Waals surface area contributed by atoms with E-state index in [4.69, 9.17) is 23.9 Å². The molecule has 0 bridgehead atoms. The fourth-order valence-corrected chi connectivity index (χ4v) is 4.78. The molecule has 2 aliphatic carbocycles. The molecule has 0 radical (unpaired) electrons. The Balaban J connectivity index is 1.27. The Morgan fingerprint density at radius 3 is 2.58 bits per heavy atom. The van der Waals surface area contributed by atoms with Crippen LogP contribution in [0.15, 0.2) is 36.4 Å². The van der Waals surface area contributed by atoms with Gasteiger partial charge in [-0.1, -0.05) is 5.21 Å². The molecule has 13 heteroatoms. The van der Waals surface area contributed by atoms with Gasteiger partial charge < -0.3 is 18.9 Å². The Kier molecular flexibility index (Phi) is 7.89. The average Bonchev–Trinajstić information content (AvgIpc) is 3.74. The first-order chi connectivity index (χ1) is 19.3. The van der Waals surface area contributed by atoms with Crippen LogP contribution in [0, 0.1) is 16.0 Å². The first-order valence-corrected chi connectivity index (χ1v) is 13.1. The van der Waals surface area contributed by atoms with Gasteiger partial charge >= 0.3 is 12.1 Å². The largest absolute Gasteiger partial charge is 0.514 e. The quantitative estimate of drug-likeness (QED) is 0.160. The third kappa shape index (κ3) is 6.19. The van der Waals surface area contributed by atoms with Gasteiger partial charge in [0.25, 0.3) is 5.69 Å². The summed E-state index contributed by atoms with van der Waals surface area (Å²) in [7, 11) is 3.09. The van der Waals surface area contributed by atoms with Gasteiger partial charge in [-0.15, -0.1) is 5.10 Å². The summed E-state index contributed by atoms with van der Waals surface area (Å²) >= 11 is 0. The lowest BCUT2D eigenvalue weighted by Crippen LogP contribution is -2.30. The summed E-state index contributed by atoms with van der Waals surface area (Å²) in [6.45, 7) is -0.180. The lowest BCUT2D eigenvalue weighted by molar-refractivity contribution is -0.384. The molecular formula is C27H29N5O8. The second-order valence-corrected chi connectivity index (χ2v) is 9.88. The summed E-state index contributed by atoms with van der Waals surface area (Å²) in [5.41, 5.74) is 2.26. The highest BCUT2D eigenvalue weighted by molar-refractivity contribution is 5.72. The number of methoxy groups -OCH3 is 1. The predicted octanol–water partition coefficient (Wildman–Crippen LogP) is 4.49. The number of rotatable bonds is 9. The molecule has 3 aromatic rings. The van der Waals surface area contributed by atoms with E-state index in [1.807, 2.05) is 6.07 Å². The number of nitrogens with zero attached hydrogens (tertiary/aromatic N) is 5. The number of nitro benzene ring substituents is 1. The van der Waals surface area contributed by atoms with Gasteiger partial charge in [0.15, 0.2) is 0 Å². The summed E-state index contributed by atoms with van der Waals surface area (Å²) in [6, 6.07) is 8.76. The fraction of sp³-hybridized carbons (Fsp3) is 0.444. The van der Waals surface area contributed by atoms with Gasteiger partial charge in [-0.05, 0) is 62.8 Å². The molecule has 210 valence electrons. The van der Waals surface area contributed by atoms with Crippen molar-refractivity contribution in [2.45, 2.75) is 57.2 Å². The van der Waals surface area contributed by atoms with Crippen LogP contribution in [-0.4, -0.2) is 50.2 Å². The van der Waals surface area contributed by atoms with Crippen LogP contribution in [0.2, 0.25) is 0 Å². The zero-order valence-electron chi connectivity index (χ0n) is 22.1. The number of carbonyl (C=O) groups is 2. The number of benzene rings is 1. The van der Waals surface area contributed by atoms with Crippen LogP contribution in [0.5, 0.6) is 11.5 Å². The van der Waals surface area contributed by atoms with Crippen LogP contribution in [0.3, 0.4) is 0 Å². The van der Waals surface area contributed by atoms with Crippen molar-refractivity contribution in [1.29, 1.82) is 0 Å². The van der Waals surface area contributed by atoms with Gasteiger partial charge in [0.05, 0.1) is 35.4 Å². The Labute approximate surface area is 229 Å². The molecule has 2 aromatic heterocycles. The van der Waals surface area contributed by atoms with Crippen molar-refractivity contribution in [2.75, 3.05) is 7.11 Å². The molecule has 2 aliphatic rings. The Morgan fingerprint density at radius 2 is 1.88 bits per heavy atom. The van der Waals surface area contributed by atoms with Gasteiger partial charge in [-0.25, -0.2) is 14.5 Å². The number of aromatic nitrogens is 4. The maximum absolute atomic E-state index is 12.3. The number of hydrogen-bond donors (Lipinski definition) is 0. The van der Waals surface area contributed by atoms with Crippen molar-refractivity contribution in [3.63, 3.8) is 0 Å². The number of nitro groups is 1. The maximum atomic E-state index is 12.3. The molecule has 1 aromatic carbocycles. The van der Waals surface area contributed by atoms with Gasteiger partial charge in [0.2, 0.25) is 0 Å². The number of esters is 1. The normalized spacial score (nSPS) is 18.6. The monoisotopic (exact) mass is 551 g/mol. The number of non-ortho nitro benzene ring substituents is 1. The number of ether oxygens (including phenoxy) is 4. The molecule has 0 N–H and O–H groups in total. The minimum Gasteiger partial charge on any atom is -0.488 e. The van der Waals surface area contributed by atoms with E-state index < -0.39 is 11.1 Å². The highest BCUT2D eigenvalue weighted by atomic mass is 16.7. The van der Waals surface area contributed by atoms with Crippen molar-refractivity contribution >= 4 is 17.8 Å². The molecule has 2 atom stereocenters. The molecule has 5 rings (SSSR count). The fourth-order valence-electron chi connectivity index (χ4n) is 4.78. The van der Waals surface area contributed by atoms with E-state index in [1.54, 1.807) is 13.1 Å². The molecule has 2 fully saturated rings. The number of carbonyl (C=O) groups excluding carboxylic acids is 2. The maximum Gasteiger partial charge on any atom is 0.514 e. The van der Waals surface area contributed by atoms with E-state index in [0.29, 0.717) is 29.3 Å². The topological polar surface area (TPSA) is 158 Å². The SMILES string of the molecule is COC(=O)[C@H]1CCC[C@H](Oc2ccc(-c3nnn(C)c3COC(=O)Oc3ccc([N+](=O)[O-])cc3)nc2C2CC2)C1. The molecule has 0 spiro atoms. The van der Waals surface area contributed by atoms with E-state index >= 15 is 0 Å². The van der Waals surface area contributed by atoms with E-state index in [1.165, 1.54) is 36.1 Å². The van der Waals surface area contributed by atoms with Crippen LogP contribution >= 0.6 is 0 Å². The molecule has 2 heterocycles. The summed E-state index contributed by atoms with van der Waals surface area (Å²) in [5.74, 6) is 0.743. The van der Waals surface area contributed by atoms with Crippen LogP contribution in [0.1, 0.15) is 55.8 Å². The third-order valence-electron chi connectivity index (χ3n) is 7.07. The van der Waals surface area contributed by atoms with E-state index in [0.717, 1.165) is 37.8 Å². The van der Waals surface area contributed by atoms with Crippen molar-refractivity contribution < 1.29 is 33.5 Å². The zero-order valence-corrected chi connectivity index (χ0v) is 22.1. The zero-order chi connectivity index (χ0) is 28.2. The smallest absolute Gasteiger partial charge is 0.488 e. The van der Waals surface area contributed by atoms with Crippen LogP contribution in [0.4, 0.5) is 10.5 Å². The molecule has 0 saturated heterocycles. The highest BCUT2D eigenvalue weighted by Gasteiger charge is 2.33. The van der Waals surface area contributed by atoms with Gasteiger partial charge in [-0.2, -0.15) is 0 Å². The van der Waals surface area contributed by atoms with E-state index in [9.17, 15) is 19.7 Å². The second kappa shape index (κ2) is 11.7. The lowest BCUT2D eigenvalue weighted by atomic mass is 9.87. The minimum atomic E-state index is -0.978. The van der Waals surface area contributed by atoms with Gasteiger partial charge in [-0.3, -0.25) is 14.9 Å². The number of hydrogen-bond acceptors (Lipinski definition) is 11. The standard InChI is InChI=1S/C27H29N5O8/c1-31-22(15-38-27(34)40-19-10-8-18(9-11-19)32(35)36)25(29-30-31)21-12-13-23(24(28-21)16-6-7-16)39-20-5-3-4-17(14-20)26(33)37-2/h8-13,16-17,20H,3-7,14-15H2,1-2H3/t17-,20-/m0/s1. The van der Waals surface area contributed by atoms with Crippen molar-refractivity contribution in [3.8, 4) is 22.9 Å². The molecular weight excluding hydrogens is 522 g/mol. The Hall–Kier alpha value is -4.55. The van der Waals surface area contributed by atoms with Crippen molar-refractivity contribution in [2.24, 2.45) is 13.0 Å². The lowest BCUT2D eigenvalue weighted by Gasteiger charge is -2.28. The molecule has 0 unspecified atom stereocenters. The van der Waals surface area contributed by atoms with Crippen LogP contribution < -0.4 is 9.47 Å². The number of aryl methyl sites for hydroxylation is 1. The van der Waals surface area contributed by atoms with Gasteiger partial charge in [0, 0.05) is 25.1 Å². The van der Waals surface area contributed by atoms with E-state index in [2.05, 4.69) is 10.3 Å².